The Morgan fingerprint density at radius 2 is 2.09 bits per heavy atom. The van der Waals surface area contributed by atoms with Gasteiger partial charge in [-0.05, 0) is 25.3 Å². The predicted molar refractivity (Wildman–Crippen MR) is 84.4 cm³/mol. The monoisotopic (exact) mass is 318 g/mol. The molecular weight excluding hydrogens is 300 g/mol. The highest BCUT2D eigenvalue weighted by molar-refractivity contribution is 6.07. The van der Waals surface area contributed by atoms with E-state index in [1.807, 2.05) is 0 Å². The lowest BCUT2D eigenvalue weighted by molar-refractivity contribution is -0.383. The largest absolute Gasteiger partial charge is 0.396 e. The number of nitriles is 1. The zero-order valence-corrected chi connectivity index (χ0v) is 12.5. The van der Waals surface area contributed by atoms with E-state index in [1.54, 1.807) is 12.1 Å². The minimum Gasteiger partial charge on any atom is -0.396 e. The molecule has 23 heavy (non-hydrogen) atoms. The van der Waals surface area contributed by atoms with Gasteiger partial charge in [0.25, 0.3) is 11.6 Å². The van der Waals surface area contributed by atoms with Crippen molar-refractivity contribution in [2.75, 3.05) is 18.5 Å². The Hall–Kier alpha value is -2.92. The number of carbonyl (C=O) groups excluding carboxylic acids is 1. The van der Waals surface area contributed by atoms with Gasteiger partial charge in [-0.2, -0.15) is 5.26 Å². The van der Waals surface area contributed by atoms with E-state index in [2.05, 4.69) is 10.6 Å². The summed E-state index contributed by atoms with van der Waals surface area (Å²) in [5, 5.41) is 33.7. The minimum absolute atomic E-state index is 0.0339. The molecule has 1 rings (SSSR count). The quantitative estimate of drug-likeness (QED) is 0.209. The number of hydrogen-bond donors (Lipinski definition) is 3. The van der Waals surface area contributed by atoms with E-state index < -0.39 is 10.8 Å². The molecule has 8 heteroatoms. The van der Waals surface area contributed by atoms with Crippen LogP contribution in [0.25, 0.3) is 0 Å². The number of amides is 1. The lowest BCUT2D eigenvalue weighted by atomic mass is 10.2. The summed E-state index contributed by atoms with van der Waals surface area (Å²) >= 11 is 0. The van der Waals surface area contributed by atoms with Crippen LogP contribution in [0.3, 0.4) is 0 Å². The van der Waals surface area contributed by atoms with Crippen molar-refractivity contribution < 1.29 is 14.8 Å². The highest BCUT2D eigenvalue weighted by atomic mass is 16.6. The smallest absolute Gasteiger partial charge is 0.292 e. The van der Waals surface area contributed by atoms with Crippen molar-refractivity contribution in [3.05, 3.63) is 46.2 Å². The zero-order valence-electron chi connectivity index (χ0n) is 12.5. The molecule has 0 radical (unpaired) electrons. The fourth-order valence-electron chi connectivity index (χ4n) is 1.77. The Balaban J connectivity index is 2.64. The lowest BCUT2D eigenvalue weighted by Gasteiger charge is -2.05. The third-order valence-electron chi connectivity index (χ3n) is 2.94. The minimum atomic E-state index is -0.718. The number of carbonyl (C=O) groups is 1. The van der Waals surface area contributed by atoms with Crippen LogP contribution in [0.2, 0.25) is 0 Å². The van der Waals surface area contributed by atoms with Crippen molar-refractivity contribution in [3.63, 3.8) is 0 Å². The Labute approximate surface area is 133 Å². The van der Waals surface area contributed by atoms with E-state index in [0.717, 1.165) is 12.8 Å². The van der Waals surface area contributed by atoms with Crippen LogP contribution in [-0.4, -0.2) is 29.1 Å². The molecule has 1 aromatic rings. The van der Waals surface area contributed by atoms with Gasteiger partial charge in [0.05, 0.1) is 4.92 Å². The van der Waals surface area contributed by atoms with Crippen LogP contribution in [-0.2, 0) is 4.79 Å². The Morgan fingerprint density at radius 3 is 2.74 bits per heavy atom. The van der Waals surface area contributed by atoms with Crippen LogP contribution in [0, 0.1) is 21.4 Å². The molecule has 0 saturated heterocycles. The maximum Gasteiger partial charge on any atom is 0.292 e. The van der Waals surface area contributed by atoms with E-state index in [9.17, 15) is 14.9 Å². The molecule has 0 aromatic heterocycles. The second-order valence-corrected chi connectivity index (χ2v) is 4.64. The summed E-state index contributed by atoms with van der Waals surface area (Å²) in [5.41, 5.74) is -0.382. The SMILES string of the molecule is N#C/C(=C/NCCCCCO)C(=O)Nc1ccccc1[N+](=O)[O-]. The molecule has 0 fully saturated rings. The van der Waals surface area contributed by atoms with Gasteiger partial charge in [-0.15, -0.1) is 0 Å². The first-order valence-corrected chi connectivity index (χ1v) is 7.09. The van der Waals surface area contributed by atoms with Gasteiger partial charge >= 0.3 is 0 Å². The number of anilines is 1. The van der Waals surface area contributed by atoms with Crippen LogP contribution in [0.4, 0.5) is 11.4 Å². The number of nitrogens with one attached hydrogen (secondary N) is 2. The summed E-state index contributed by atoms with van der Waals surface area (Å²) < 4.78 is 0. The van der Waals surface area contributed by atoms with Gasteiger partial charge in [0.2, 0.25) is 0 Å². The molecular formula is C15H18N4O4. The van der Waals surface area contributed by atoms with E-state index >= 15 is 0 Å². The maximum absolute atomic E-state index is 12.0. The highest BCUT2D eigenvalue weighted by Gasteiger charge is 2.16. The number of hydrogen-bond acceptors (Lipinski definition) is 6. The molecule has 0 unspecified atom stereocenters. The Kier molecular flexibility index (Phi) is 7.82. The molecule has 0 atom stereocenters. The second kappa shape index (κ2) is 9.92. The van der Waals surface area contributed by atoms with Crippen molar-refractivity contribution in [2.24, 2.45) is 0 Å². The van der Waals surface area contributed by atoms with E-state index in [1.165, 1.54) is 24.4 Å². The standard InChI is InChI=1S/C15H18N4O4/c16-10-12(11-17-8-4-1-5-9-20)15(21)18-13-6-2-3-7-14(13)19(22)23/h2-3,6-7,11,17,20H,1,4-5,8-9H2,(H,18,21)/b12-11-. The van der Waals surface area contributed by atoms with Crippen molar-refractivity contribution >= 4 is 17.3 Å². The third kappa shape index (κ3) is 6.15. The predicted octanol–water partition coefficient (Wildman–Crippen LogP) is 1.69. The second-order valence-electron chi connectivity index (χ2n) is 4.64. The van der Waals surface area contributed by atoms with Gasteiger partial charge < -0.3 is 15.7 Å². The molecule has 3 N–H and O–H groups in total. The van der Waals surface area contributed by atoms with Crippen LogP contribution in [0.5, 0.6) is 0 Å². The zero-order chi connectivity index (χ0) is 17.1. The van der Waals surface area contributed by atoms with Crippen molar-refractivity contribution in [2.45, 2.75) is 19.3 Å². The third-order valence-corrected chi connectivity index (χ3v) is 2.94. The number of nitrogens with zero attached hydrogens (tertiary/aromatic N) is 2. The summed E-state index contributed by atoms with van der Waals surface area (Å²) in [4.78, 5) is 22.3. The summed E-state index contributed by atoms with van der Waals surface area (Å²) in [6.45, 7) is 0.696. The van der Waals surface area contributed by atoms with Crippen LogP contribution < -0.4 is 10.6 Å². The molecule has 0 heterocycles. The molecule has 0 aliphatic heterocycles. The van der Waals surface area contributed by atoms with Gasteiger partial charge in [-0.1, -0.05) is 12.1 Å². The number of unbranched alkanes of at least 4 members (excludes halogenated alkanes) is 2. The first-order chi connectivity index (χ1) is 11.1. The average molecular weight is 318 g/mol. The Morgan fingerprint density at radius 1 is 1.35 bits per heavy atom. The number of nitro groups is 1. The topological polar surface area (TPSA) is 128 Å². The first kappa shape index (κ1) is 18.1. The van der Waals surface area contributed by atoms with Crippen molar-refractivity contribution in [3.8, 4) is 6.07 Å². The number of para-hydroxylation sites is 2. The van der Waals surface area contributed by atoms with E-state index in [-0.39, 0.29) is 23.6 Å². The van der Waals surface area contributed by atoms with Gasteiger partial charge in [-0.25, -0.2) is 0 Å². The van der Waals surface area contributed by atoms with Crippen LogP contribution >= 0.6 is 0 Å². The van der Waals surface area contributed by atoms with Gasteiger partial charge in [0.15, 0.2) is 0 Å². The maximum atomic E-state index is 12.0. The van der Waals surface area contributed by atoms with Crippen molar-refractivity contribution in [1.82, 2.24) is 5.32 Å². The van der Waals surface area contributed by atoms with Gasteiger partial charge in [0, 0.05) is 25.4 Å². The fraction of sp³-hybridized carbons (Fsp3) is 0.333. The molecule has 0 aliphatic carbocycles. The Bertz CT molecular complexity index is 622. The van der Waals surface area contributed by atoms with E-state index in [0.29, 0.717) is 13.0 Å². The number of aliphatic hydroxyl groups is 1. The van der Waals surface area contributed by atoms with Crippen LogP contribution in [0.15, 0.2) is 36.0 Å². The van der Waals surface area contributed by atoms with Crippen molar-refractivity contribution in [1.29, 1.82) is 5.26 Å². The molecule has 0 spiro atoms. The normalized spacial score (nSPS) is 10.7. The molecule has 0 aliphatic rings. The van der Waals surface area contributed by atoms with Gasteiger partial charge in [-0.3, -0.25) is 14.9 Å². The summed E-state index contributed by atoms with van der Waals surface area (Å²) in [5.74, 6) is -0.718. The average Bonchev–Trinajstić information content (AvgIpc) is 2.54. The number of rotatable bonds is 9. The number of aliphatic hydroxyl groups excluding tert-OH is 1. The van der Waals surface area contributed by atoms with Gasteiger partial charge in [0.1, 0.15) is 17.3 Å². The summed E-state index contributed by atoms with van der Waals surface area (Å²) in [6.07, 6.45) is 3.61. The molecule has 1 aromatic carbocycles. The molecule has 0 saturated carbocycles. The lowest BCUT2D eigenvalue weighted by Crippen LogP contribution is -2.17. The first-order valence-electron chi connectivity index (χ1n) is 7.09. The number of nitro benzene ring substituents is 1. The number of benzene rings is 1. The fourth-order valence-corrected chi connectivity index (χ4v) is 1.77. The summed E-state index contributed by atoms with van der Waals surface area (Å²) in [7, 11) is 0. The highest BCUT2D eigenvalue weighted by Crippen LogP contribution is 2.23. The molecule has 8 nitrogen and oxygen atoms in total. The molecule has 0 bridgehead atoms. The van der Waals surface area contributed by atoms with Crippen LogP contribution in [0.1, 0.15) is 19.3 Å². The van der Waals surface area contributed by atoms with E-state index in [4.69, 9.17) is 10.4 Å². The summed E-state index contributed by atoms with van der Waals surface area (Å²) in [6, 6.07) is 7.46. The molecule has 1 amide bonds. The molecule has 122 valence electrons.